The van der Waals surface area contributed by atoms with Crippen molar-refractivity contribution in [1.29, 1.82) is 0 Å². The summed E-state index contributed by atoms with van der Waals surface area (Å²) in [5, 5.41) is 1.32. The van der Waals surface area contributed by atoms with E-state index in [1.807, 2.05) is 91.0 Å². The Hall–Kier alpha value is -8.20. The molecule has 0 fully saturated rings. The molecule has 0 radical (unpaired) electrons. The van der Waals surface area contributed by atoms with Crippen molar-refractivity contribution in [3.8, 4) is 44.5 Å². The molecule has 0 spiro atoms. The van der Waals surface area contributed by atoms with Crippen molar-refractivity contribution >= 4 is 39.0 Å². The standard InChI is InChI=1S/C61H41NO/c1-4-16-42(17-5-1)44-30-34-47(35-31-44)61(56-27-12-10-24-53(56)54-25-11-13-28-57(54)61)48-22-14-23-50(40-48)62(49-36-32-45(33-37-49)43-18-6-2-7-19-43)51-38-39-58-55(41-51)60-52(26-15-29-59(60)63-58)46-20-8-3-9-21-46/h1-41H/i1D,3D,4D,5D,8D,9D,16D,17D,20D,21D. The Labute approximate surface area is 381 Å². The normalized spacial score (nSPS) is 14.8. The Morgan fingerprint density at radius 1 is 0.365 bits per heavy atom. The quantitative estimate of drug-likeness (QED) is 0.152. The van der Waals surface area contributed by atoms with Crippen LogP contribution < -0.4 is 4.90 Å². The summed E-state index contributed by atoms with van der Waals surface area (Å²) in [6.07, 6.45) is 0. The van der Waals surface area contributed by atoms with Crippen LogP contribution in [0.4, 0.5) is 17.1 Å². The molecule has 1 heterocycles. The van der Waals surface area contributed by atoms with Crippen molar-refractivity contribution in [3.63, 3.8) is 0 Å². The van der Waals surface area contributed by atoms with Gasteiger partial charge in [0.25, 0.3) is 0 Å². The molecule has 0 saturated carbocycles. The van der Waals surface area contributed by atoms with Crippen molar-refractivity contribution < 1.29 is 18.1 Å². The SMILES string of the molecule is [2H]c1c([2H])c([2H])c(-c2ccc(C3(c4cccc(N(c5ccc(-c6ccccc6)cc5)c5ccc6oc7cccc(-c8c([2H])c([2H])c([2H])c([2H])c8[2H])c7c6c5)c4)c4ccccc4-c4ccccc43)cc2)c([2H])c1[2H]. The predicted molar refractivity (Wildman–Crippen MR) is 262 cm³/mol. The highest BCUT2D eigenvalue weighted by atomic mass is 16.3. The molecule has 1 aliphatic rings. The van der Waals surface area contributed by atoms with E-state index in [1.54, 1.807) is 12.1 Å². The van der Waals surface area contributed by atoms with Crippen LogP contribution in [0.5, 0.6) is 0 Å². The van der Waals surface area contributed by atoms with Crippen LogP contribution in [0.2, 0.25) is 0 Å². The van der Waals surface area contributed by atoms with E-state index in [9.17, 15) is 0 Å². The van der Waals surface area contributed by atoms with E-state index in [-0.39, 0.29) is 47.4 Å². The highest BCUT2D eigenvalue weighted by Gasteiger charge is 2.46. The van der Waals surface area contributed by atoms with Gasteiger partial charge in [-0.25, -0.2) is 0 Å². The first-order chi connectivity index (χ1) is 35.4. The van der Waals surface area contributed by atoms with Crippen LogP contribution in [0, 0.1) is 0 Å². The van der Waals surface area contributed by atoms with Gasteiger partial charge in [0.2, 0.25) is 0 Å². The first-order valence-electron chi connectivity index (χ1n) is 25.8. The van der Waals surface area contributed by atoms with Gasteiger partial charge in [0, 0.05) is 27.8 Å². The number of rotatable bonds is 8. The lowest BCUT2D eigenvalue weighted by atomic mass is 9.67. The maximum atomic E-state index is 8.93. The maximum absolute atomic E-state index is 8.93. The molecule has 63 heavy (non-hydrogen) atoms. The highest BCUT2D eigenvalue weighted by Crippen LogP contribution is 2.57. The number of benzene rings is 10. The Morgan fingerprint density at radius 3 is 1.63 bits per heavy atom. The van der Waals surface area contributed by atoms with Crippen LogP contribution in [0.25, 0.3) is 66.4 Å². The molecule has 2 nitrogen and oxygen atoms in total. The number of hydrogen-bond acceptors (Lipinski definition) is 2. The summed E-state index contributed by atoms with van der Waals surface area (Å²) in [5.41, 5.74) is 12.2. The van der Waals surface area contributed by atoms with E-state index in [1.165, 1.54) is 0 Å². The lowest BCUT2D eigenvalue weighted by Gasteiger charge is -2.35. The third-order valence-corrected chi connectivity index (χ3v) is 12.3. The van der Waals surface area contributed by atoms with Crippen molar-refractivity contribution in [3.05, 3.63) is 271 Å². The van der Waals surface area contributed by atoms with Crippen LogP contribution in [0.3, 0.4) is 0 Å². The largest absolute Gasteiger partial charge is 0.456 e. The number of hydrogen-bond donors (Lipinski definition) is 0. The lowest BCUT2D eigenvalue weighted by molar-refractivity contribution is 0.669. The van der Waals surface area contributed by atoms with Gasteiger partial charge in [-0.3, -0.25) is 0 Å². The van der Waals surface area contributed by atoms with Crippen LogP contribution >= 0.6 is 0 Å². The van der Waals surface area contributed by atoms with Gasteiger partial charge in [-0.2, -0.15) is 0 Å². The van der Waals surface area contributed by atoms with Crippen LogP contribution in [0.15, 0.2) is 253 Å². The van der Waals surface area contributed by atoms with Gasteiger partial charge in [-0.05, 0) is 115 Å². The zero-order valence-electron chi connectivity index (χ0n) is 43.8. The van der Waals surface area contributed by atoms with Gasteiger partial charge in [-0.15, -0.1) is 0 Å². The minimum atomic E-state index is -0.881. The minimum absolute atomic E-state index is 0.0922. The molecular weight excluding hydrogens is 763 g/mol. The van der Waals surface area contributed by atoms with Crippen LogP contribution in [0.1, 0.15) is 36.0 Å². The smallest absolute Gasteiger partial charge is 0.136 e. The molecule has 0 aliphatic heterocycles. The fraction of sp³-hybridized carbons (Fsp3) is 0.0164. The summed E-state index contributed by atoms with van der Waals surface area (Å²) in [4.78, 5) is 2.19. The summed E-state index contributed by atoms with van der Waals surface area (Å²) in [6.45, 7) is 0. The molecule has 0 amide bonds. The van der Waals surface area contributed by atoms with Gasteiger partial charge < -0.3 is 9.32 Å². The first-order valence-corrected chi connectivity index (χ1v) is 20.8. The van der Waals surface area contributed by atoms with Gasteiger partial charge >= 0.3 is 0 Å². The maximum Gasteiger partial charge on any atom is 0.136 e. The topological polar surface area (TPSA) is 16.4 Å². The van der Waals surface area contributed by atoms with Gasteiger partial charge in [0.05, 0.1) is 19.1 Å². The Morgan fingerprint density at radius 2 is 0.921 bits per heavy atom. The third-order valence-electron chi connectivity index (χ3n) is 12.3. The zero-order chi connectivity index (χ0) is 50.4. The number of fused-ring (bicyclic) bond motifs is 6. The molecule has 11 aromatic rings. The minimum Gasteiger partial charge on any atom is -0.456 e. The Balaban J connectivity index is 1.09. The molecule has 296 valence electrons. The fourth-order valence-corrected chi connectivity index (χ4v) is 9.61. The van der Waals surface area contributed by atoms with E-state index >= 15 is 0 Å². The molecule has 0 bridgehead atoms. The van der Waals surface area contributed by atoms with E-state index in [0.29, 0.717) is 33.1 Å². The average Bonchev–Trinajstić information content (AvgIpc) is 3.96. The molecule has 10 aromatic carbocycles. The number of anilines is 3. The van der Waals surface area contributed by atoms with E-state index < -0.39 is 29.6 Å². The lowest BCUT2D eigenvalue weighted by Crippen LogP contribution is -2.28. The van der Waals surface area contributed by atoms with Crippen molar-refractivity contribution in [2.75, 3.05) is 4.90 Å². The van der Waals surface area contributed by atoms with Crippen molar-refractivity contribution in [1.82, 2.24) is 0 Å². The molecule has 0 atom stereocenters. The molecule has 0 saturated heterocycles. The molecule has 1 aliphatic carbocycles. The molecule has 0 unspecified atom stereocenters. The molecule has 2 heteroatoms. The fourth-order valence-electron chi connectivity index (χ4n) is 9.61. The van der Waals surface area contributed by atoms with Gasteiger partial charge in [0.1, 0.15) is 11.2 Å². The van der Waals surface area contributed by atoms with E-state index in [2.05, 4.69) is 89.8 Å². The molecular formula is C61H41NO. The molecule has 1 aromatic heterocycles. The van der Waals surface area contributed by atoms with Crippen molar-refractivity contribution in [2.45, 2.75) is 5.41 Å². The van der Waals surface area contributed by atoms with Gasteiger partial charge in [-0.1, -0.05) is 200 Å². The number of furan rings is 1. The zero-order valence-corrected chi connectivity index (χ0v) is 33.8. The number of nitrogens with zero attached hydrogens (tertiary/aromatic N) is 1. The Bertz CT molecular complexity index is 3940. The predicted octanol–water partition coefficient (Wildman–Crippen LogP) is 16.4. The summed E-state index contributed by atoms with van der Waals surface area (Å²) < 4.78 is 92.2. The molecule has 12 rings (SSSR count). The first kappa shape index (κ1) is 27.6. The summed E-state index contributed by atoms with van der Waals surface area (Å²) in [5.74, 6) is 0. The second kappa shape index (κ2) is 15.1. The van der Waals surface area contributed by atoms with E-state index in [0.717, 1.165) is 61.6 Å². The van der Waals surface area contributed by atoms with Crippen LogP contribution in [-0.4, -0.2) is 0 Å². The summed E-state index contributed by atoms with van der Waals surface area (Å²) >= 11 is 0. The van der Waals surface area contributed by atoms with Crippen LogP contribution in [-0.2, 0) is 5.41 Å². The second-order valence-electron chi connectivity index (χ2n) is 15.7. The van der Waals surface area contributed by atoms with Crippen molar-refractivity contribution in [2.24, 2.45) is 0 Å². The highest BCUT2D eigenvalue weighted by molar-refractivity contribution is 6.13. The average molecular weight is 814 g/mol. The second-order valence-corrected chi connectivity index (χ2v) is 15.7. The summed E-state index contributed by atoms with van der Waals surface area (Å²) in [7, 11) is 0. The Kier molecular flexibility index (Phi) is 6.60. The molecule has 0 N–H and O–H groups in total. The third kappa shape index (κ3) is 6.02. The summed E-state index contributed by atoms with van der Waals surface area (Å²) in [6, 6.07) is 59.3. The van der Waals surface area contributed by atoms with Gasteiger partial charge in [0.15, 0.2) is 0 Å². The van der Waals surface area contributed by atoms with E-state index in [4.69, 9.17) is 18.1 Å². The monoisotopic (exact) mass is 813 g/mol.